The van der Waals surface area contributed by atoms with Gasteiger partial charge in [0.25, 0.3) is 0 Å². The van der Waals surface area contributed by atoms with E-state index in [0.29, 0.717) is 19.4 Å². The van der Waals surface area contributed by atoms with Crippen molar-refractivity contribution in [1.29, 1.82) is 0 Å². The first-order valence-electron chi connectivity index (χ1n) is 10.6. The molecule has 6 heteroatoms. The third-order valence-corrected chi connectivity index (χ3v) is 7.78. The molecular formula is C24H32N2O3S. The molecule has 0 unspecified atom stereocenters. The van der Waals surface area contributed by atoms with Gasteiger partial charge in [0, 0.05) is 19.1 Å². The van der Waals surface area contributed by atoms with Gasteiger partial charge in [0.2, 0.25) is 15.9 Å². The molecule has 0 radical (unpaired) electrons. The van der Waals surface area contributed by atoms with Crippen LogP contribution in [0.15, 0.2) is 65.6 Å². The topological polar surface area (TPSA) is 66.5 Å². The summed E-state index contributed by atoms with van der Waals surface area (Å²) in [6, 6.07) is 18.7. The zero-order valence-corrected chi connectivity index (χ0v) is 18.9. The fourth-order valence-electron chi connectivity index (χ4n) is 4.30. The molecule has 1 N–H and O–H groups in total. The van der Waals surface area contributed by atoms with Crippen LogP contribution in [0, 0.1) is 5.92 Å². The highest BCUT2D eigenvalue weighted by Gasteiger charge is 2.34. The Hall–Kier alpha value is -2.18. The van der Waals surface area contributed by atoms with Gasteiger partial charge in [0.15, 0.2) is 0 Å². The van der Waals surface area contributed by atoms with Crippen LogP contribution in [0.2, 0.25) is 0 Å². The number of piperidine rings is 1. The summed E-state index contributed by atoms with van der Waals surface area (Å²) in [4.78, 5) is 13.2. The van der Waals surface area contributed by atoms with Crippen molar-refractivity contribution in [3.63, 3.8) is 0 Å². The maximum absolute atomic E-state index is 12.9. The van der Waals surface area contributed by atoms with E-state index >= 15 is 0 Å². The van der Waals surface area contributed by atoms with Crippen LogP contribution < -0.4 is 5.32 Å². The molecule has 5 nitrogen and oxygen atoms in total. The number of nitrogens with zero attached hydrogens (tertiary/aromatic N) is 1. The van der Waals surface area contributed by atoms with Crippen molar-refractivity contribution in [3.8, 4) is 0 Å². The summed E-state index contributed by atoms with van der Waals surface area (Å²) in [5.74, 6) is -0.376. The van der Waals surface area contributed by atoms with Crippen molar-refractivity contribution < 1.29 is 13.2 Å². The highest BCUT2D eigenvalue weighted by atomic mass is 32.2. The summed E-state index contributed by atoms with van der Waals surface area (Å²) in [6.07, 6.45) is 2.21. The van der Waals surface area contributed by atoms with Gasteiger partial charge in [0.05, 0.1) is 10.8 Å². The van der Waals surface area contributed by atoms with Crippen LogP contribution in [-0.4, -0.2) is 37.8 Å². The Kier molecular flexibility index (Phi) is 6.98. The Balaban J connectivity index is 1.61. The van der Waals surface area contributed by atoms with Crippen molar-refractivity contribution >= 4 is 15.9 Å². The second-order valence-corrected chi connectivity index (χ2v) is 10.8. The molecule has 3 rings (SSSR count). The molecule has 1 amide bonds. The molecule has 0 aliphatic carbocycles. The van der Waals surface area contributed by atoms with Crippen LogP contribution in [0.5, 0.6) is 0 Å². The minimum Gasteiger partial charge on any atom is -0.353 e. The highest BCUT2D eigenvalue weighted by molar-refractivity contribution is 7.89. The third kappa shape index (κ3) is 5.29. The van der Waals surface area contributed by atoms with Gasteiger partial charge in [0.1, 0.15) is 0 Å². The summed E-state index contributed by atoms with van der Waals surface area (Å²) < 4.78 is 27.3. The van der Waals surface area contributed by atoms with Crippen LogP contribution >= 0.6 is 0 Å². The zero-order chi connectivity index (χ0) is 21.8. The Morgan fingerprint density at radius 2 is 1.70 bits per heavy atom. The van der Waals surface area contributed by atoms with Gasteiger partial charge in [-0.3, -0.25) is 4.79 Å². The normalized spacial score (nSPS) is 19.2. The molecule has 30 heavy (non-hydrogen) atoms. The molecule has 1 heterocycles. The smallest absolute Gasteiger partial charge is 0.243 e. The maximum atomic E-state index is 12.9. The van der Waals surface area contributed by atoms with E-state index in [1.165, 1.54) is 9.87 Å². The fraction of sp³-hybridized carbons (Fsp3) is 0.458. The predicted octanol–water partition coefficient (Wildman–Crippen LogP) is 3.96. The lowest BCUT2D eigenvalue weighted by atomic mass is 9.79. The van der Waals surface area contributed by atoms with Crippen LogP contribution in [0.4, 0.5) is 0 Å². The monoisotopic (exact) mass is 428 g/mol. The van der Waals surface area contributed by atoms with Crippen LogP contribution in [0.25, 0.3) is 0 Å². The molecule has 2 aromatic carbocycles. The van der Waals surface area contributed by atoms with Gasteiger partial charge < -0.3 is 5.32 Å². The SMILES string of the molecule is C[C@@H](CC(C)(C)c1ccccc1)NC(=O)[C@H]1CCCN(S(=O)(=O)c2ccccc2)C1. The summed E-state index contributed by atoms with van der Waals surface area (Å²) >= 11 is 0. The van der Waals surface area contributed by atoms with Gasteiger partial charge in [-0.05, 0) is 49.3 Å². The van der Waals surface area contributed by atoms with E-state index < -0.39 is 10.0 Å². The number of sulfonamides is 1. The highest BCUT2D eigenvalue weighted by Crippen LogP contribution is 2.29. The number of carbonyl (C=O) groups is 1. The lowest BCUT2D eigenvalue weighted by Gasteiger charge is -2.33. The van der Waals surface area contributed by atoms with Gasteiger partial charge in [-0.15, -0.1) is 0 Å². The average molecular weight is 429 g/mol. The molecule has 0 spiro atoms. The molecular weight excluding hydrogens is 396 g/mol. The van der Waals surface area contributed by atoms with E-state index in [1.54, 1.807) is 30.3 Å². The van der Waals surface area contributed by atoms with Crippen molar-refractivity contribution in [2.45, 2.75) is 56.4 Å². The van der Waals surface area contributed by atoms with Crippen LogP contribution in [0.1, 0.15) is 45.6 Å². The predicted molar refractivity (Wildman–Crippen MR) is 120 cm³/mol. The number of hydrogen-bond acceptors (Lipinski definition) is 3. The molecule has 0 bridgehead atoms. The molecule has 0 saturated carbocycles. The Labute approximate surface area is 180 Å². The molecule has 2 aromatic rings. The van der Waals surface area contributed by atoms with E-state index in [2.05, 4.69) is 31.3 Å². The van der Waals surface area contributed by atoms with E-state index in [-0.39, 0.29) is 34.7 Å². The Morgan fingerprint density at radius 1 is 1.10 bits per heavy atom. The minimum absolute atomic E-state index is 0.00573. The van der Waals surface area contributed by atoms with Crippen LogP contribution in [0.3, 0.4) is 0 Å². The van der Waals surface area contributed by atoms with Crippen molar-refractivity contribution in [3.05, 3.63) is 66.2 Å². The van der Waals surface area contributed by atoms with E-state index in [1.807, 2.05) is 25.1 Å². The van der Waals surface area contributed by atoms with Gasteiger partial charge in [-0.25, -0.2) is 8.42 Å². The van der Waals surface area contributed by atoms with Gasteiger partial charge in [-0.1, -0.05) is 62.4 Å². The molecule has 0 aromatic heterocycles. The Bertz CT molecular complexity index is 943. The zero-order valence-electron chi connectivity index (χ0n) is 18.0. The number of rotatable bonds is 7. The number of benzene rings is 2. The minimum atomic E-state index is -3.57. The van der Waals surface area contributed by atoms with E-state index in [9.17, 15) is 13.2 Å². The lowest BCUT2D eigenvalue weighted by molar-refractivity contribution is -0.126. The van der Waals surface area contributed by atoms with E-state index in [4.69, 9.17) is 0 Å². The molecule has 162 valence electrons. The van der Waals surface area contributed by atoms with Crippen molar-refractivity contribution in [2.75, 3.05) is 13.1 Å². The van der Waals surface area contributed by atoms with Crippen LogP contribution in [-0.2, 0) is 20.2 Å². The maximum Gasteiger partial charge on any atom is 0.243 e. The van der Waals surface area contributed by atoms with E-state index in [0.717, 1.165) is 6.42 Å². The number of carbonyl (C=O) groups excluding carboxylic acids is 1. The largest absolute Gasteiger partial charge is 0.353 e. The summed E-state index contributed by atoms with van der Waals surface area (Å²) in [6.45, 7) is 7.07. The summed E-state index contributed by atoms with van der Waals surface area (Å²) in [5.41, 5.74) is 1.17. The average Bonchev–Trinajstić information content (AvgIpc) is 2.74. The standard InChI is InChI=1S/C24H32N2O3S/c1-19(17-24(2,3)21-12-6-4-7-13-21)25-23(27)20-11-10-16-26(18-20)30(28,29)22-14-8-5-9-15-22/h4-9,12-15,19-20H,10-11,16-18H2,1-3H3,(H,25,27)/t19-,20-/m0/s1. The Morgan fingerprint density at radius 3 is 2.33 bits per heavy atom. The van der Waals surface area contributed by atoms with Crippen molar-refractivity contribution in [2.24, 2.45) is 5.92 Å². The first-order chi connectivity index (χ1) is 14.2. The molecule has 1 aliphatic heterocycles. The quantitative estimate of drug-likeness (QED) is 0.726. The number of amides is 1. The number of hydrogen-bond donors (Lipinski definition) is 1. The first-order valence-corrected chi connectivity index (χ1v) is 12.1. The van der Waals surface area contributed by atoms with Gasteiger partial charge in [-0.2, -0.15) is 4.31 Å². The summed E-state index contributed by atoms with van der Waals surface area (Å²) in [5, 5.41) is 3.13. The molecule has 1 fully saturated rings. The summed E-state index contributed by atoms with van der Waals surface area (Å²) in [7, 11) is -3.57. The fourth-order valence-corrected chi connectivity index (χ4v) is 5.85. The number of nitrogens with one attached hydrogen (secondary N) is 1. The third-order valence-electron chi connectivity index (χ3n) is 5.90. The molecule has 1 aliphatic rings. The second-order valence-electron chi connectivity index (χ2n) is 8.88. The van der Waals surface area contributed by atoms with Gasteiger partial charge >= 0.3 is 0 Å². The first kappa shape index (κ1) is 22.5. The molecule has 1 saturated heterocycles. The van der Waals surface area contributed by atoms with Crippen molar-refractivity contribution in [1.82, 2.24) is 9.62 Å². The second kappa shape index (κ2) is 9.31. The lowest BCUT2D eigenvalue weighted by Crippen LogP contribution is -2.47. The molecule has 2 atom stereocenters.